The molecule has 21 heavy (non-hydrogen) atoms. The maximum absolute atomic E-state index is 11.7. The van der Waals surface area contributed by atoms with E-state index in [2.05, 4.69) is 10.6 Å². The topological polar surface area (TPSA) is 81.6 Å². The number of hydrogen-bond donors (Lipinski definition) is 4. The number of amides is 2. The van der Waals surface area contributed by atoms with Gasteiger partial charge in [-0.15, -0.1) is 0 Å². The van der Waals surface area contributed by atoms with Crippen LogP contribution in [0.5, 0.6) is 11.5 Å². The highest BCUT2D eigenvalue weighted by Crippen LogP contribution is 2.23. The lowest BCUT2D eigenvalue weighted by Gasteiger charge is -2.08. The molecule has 0 spiro atoms. The van der Waals surface area contributed by atoms with E-state index in [1.54, 1.807) is 0 Å². The Kier molecular flexibility index (Phi) is 4.66. The van der Waals surface area contributed by atoms with Crippen LogP contribution in [0.3, 0.4) is 0 Å². The molecule has 0 radical (unpaired) electrons. The molecule has 0 aliphatic heterocycles. The van der Waals surface area contributed by atoms with Crippen molar-refractivity contribution in [1.29, 1.82) is 0 Å². The molecular formula is C16H18N2O3. The Labute approximate surface area is 123 Å². The monoisotopic (exact) mass is 286 g/mol. The van der Waals surface area contributed by atoms with Gasteiger partial charge >= 0.3 is 6.03 Å². The Balaban J connectivity index is 1.80. The Morgan fingerprint density at radius 2 is 1.67 bits per heavy atom. The van der Waals surface area contributed by atoms with Crippen LogP contribution in [0.1, 0.15) is 11.1 Å². The molecule has 110 valence electrons. The van der Waals surface area contributed by atoms with Gasteiger partial charge in [0.1, 0.15) is 11.5 Å². The number of hydrogen-bond acceptors (Lipinski definition) is 3. The summed E-state index contributed by atoms with van der Waals surface area (Å²) in [6.07, 6.45) is 0.735. The highest BCUT2D eigenvalue weighted by Gasteiger charge is 2.04. The Bertz CT molecular complexity index is 604. The van der Waals surface area contributed by atoms with Gasteiger partial charge in [0, 0.05) is 30.4 Å². The van der Waals surface area contributed by atoms with Crippen LogP contribution in [-0.4, -0.2) is 22.8 Å². The number of phenolic OH excluding ortho intramolecular Hbond substituents is 2. The van der Waals surface area contributed by atoms with Crippen LogP contribution in [0.25, 0.3) is 0 Å². The molecule has 0 unspecified atom stereocenters. The van der Waals surface area contributed by atoms with E-state index >= 15 is 0 Å². The first-order chi connectivity index (χ1) is 10.0. The third-order valence-electron chi connectivity index (χ3n) is 2.98. The number of carbonyl (C=O) groups excluding carboxylic acids is 1. The summed E-state index contributed by atoms with van der Waals surface area (Å²) >= 11 is 0. The number of urea groups is 1. The molecule has 0 aliphatic carbocycles. The largest absolute Gasteiger partial charge is 0.508 e. The zero-order valence-corrected chi connectivity index (χ0v) is 11.8. The van der Waals surface area contributed by atoms with Crippen molar-refractivity contribution in [3.63, 3.8) is 0 Å². The molecule has 2 aromatic carbocycles. The minimum atomic E-state index is -0.382. The highest BCUT2D eigenvalue weighted by molar-refractivity contribution is 5.89. The summed E-state index contributed by atoms with van der Waals surface area (Å²) in [6, 6.07) is 11.7. The van der Waals surface area contributed by atoms with Crippen molar-refractivity contribution in [2.24, 2.45) is 0 Å². The van der Waals surface area contributed by atoms with E-state index in [0.29, 0.717) is 12.2 Å². The molecule has 2 aromatic rings. The lowest BCUT2D eigenvalue weighted by atomic mass is 10.1. The number of benzene rings is 2. The van der Waals surface area contributed by atoms with Gasteiger partial charge in [-0.25, -0.2) is 4.79 Å². The van der Waals surface area contributed by atoms with Gasteiger partial charge in [-0.2, -0.15) is 0 Å². The predicted molar refractivity (Wildman–Crippen MR) is 81.7 cm³/mol. The van der Waals surface area contributed by atoms with E-state index in [0.717, 1.165) is 12.0 Å². The number of aryl methyl sites for hydroxylation is 1. The predicted octanol–water partition coefficient (Wildman–Crippen LogP) is 2.77. The number of carbonyl (C=O) groups is 1. The summed E-state index contributed by atoms with van der Waals surface area (Å²) in [5.74, 6) is -0.213. The first kappa shape index (κ1) is 14.7. The molecule has 0 aliphatic rings. The summed E-state index contributed by atoms with van der Waals surface area (Å²) in [5, 5.41) is 23.9. The molecule has 2 rings (SSSR count). The fourth-order valence-electron chi connectivity index (χ4n) is 1.92. The molecule has 0 bridgehead atoms. The maximum Gasteiger partial charge on any atom is 0.319 e. The molecule has 5 heteroatoms. The number of anilines is 1. The average molecular weight is 286 g/mol. The van der Waals surface area contributed by atoms with E-state index < -0.39 is 0 Å². The molecule has 0 atom stereocenters. The lowest BCUT2D eigenvalue weighted by Crippen LogP contribution is -2.30. The van der Waals surface area contributed by atoms with Crippen LogP contribution >= 0.6 is 0 Å². The highest BCUT2D eigenvalue weighted by atomic mass is 16.3. The molecular weight excluding hydrogens is 268 g/mol. The maximum atomic E-state index is 11.7. The van der Waals surface area contributed by atoms with Gasteiger partial charge in [0.2, 0.25) is 0 Å². The van der Waals surface area contributed by atoms with Crippen molar-refractivity contribution in [1.82, 2.24) is 5.32 Å². The van der Waals surface area contributed by atoms with Crippen LogP contribution in [0.4, 0.5) is 10.5 Å². The fourth-order valence-corrected chi connectivity index (χ4v) is 1.92. The molecule has 5 nitrogen and oxygen atoms in total. The molecule has 2 amide bonds. The zero-order chi connectivity index (χ0) is 15.2. The van der Waals surface area contributed by atoms with Gasteiger partial charge < -0.3 is 20.8 Å². The molecule has 0 saturated heterocycles. The third kappa shape index (κ3) is 4.72. The Morgan fingerprint density at radius 1 is 1.05 bits per heavy atom. The van der Waals surface area contributed by atoms with Crippen LogP contribution in [0.15, 0.2) is 42.5 Å². The standard InChI is InChI=1S/C16H18N2O3/c1-11-2-4-12(5-3-11)6-7-17-16(21)18-13-8-14(19)10-15(20)9-13/h2-5,8-10,19-20H,6-7H2,1H3,(H2,17,18,21). The van der Waals surface area contributed by atoms with Crippen LogP contribution in [-0.2, 0) is 6.42 Å². The molecule has 4 N–H and O–H groups in total. The first-order valence-corrected chi connectivity index (χ1v) is 6.66. The van der Waals surface area contributed by atoms with E-state index in [-0.39, 0.29) is 17.5 Å². The van der Waals surface area contributed by atoms with E-state index in [1.807, 2.05) is 31.2 Å². The average Bonchev–Trinajstić information content (AvgIpc) is 2.39. The minimum absolute atomic E-state index is 0.107. The van der Waals surface area contributed by atoms with Crippen molar-refractivity contribution in [3.05, 3.63) is 53.6 Å². The second kappa shape index (κ2) is 6.65. The van der Waals surface area contributed by atoms with E-state index in [1.165, 1.54) is 23.8 Å². The van der Waals surface area contributed by atoms with Gasteiger partial charge in [0.25, 0.3) is 0 Å². The van der Waals surface area contributed by atoms with Crippen molar-refractivity contribution >= 4 is 11.7 Å². The summed E-state index contributed by atoms with van der Waals surface area (Å²) in [7, 11) is 0. The van der Waals surface area contributed by atoms with Crippen molar-refractivity contribution in [3.8, 4) is 11.5 Å². The van der Waals surface area contributed by atoms with Gasteiger partial charge in [0.05, 0.1) is 0 Å². The summed E-state index contributed by atoms with van der Waals surface area (Å²) < 4.78 is 0. The minimum Gasteiger partial charge on any atom is -0.508 e. The molecule has 0 fully saturated rings. The second-order valence-corrected chi connectivity index (χ2v) is 4.85. The number of nitrogens with one attached hydrogen (secondary N) is 2. The molecule has 0 aromatic heterocycles. The van der Waals surface area contributed by atoms with E-state index in [9.17, 15) is 15.0 Å². The third-order valence-corrected chi connectivity index (χ3v) is 2.98. The SMILES string of the molecule is Cc1ccc(CCNC(=O)Nc2cc(O)cc(O)c2)cc1. The summed E-state index contributed by atoms with van der Waals surface area (Å²) in [6.45, 7) is 2.53. The lowest BCUT2D eigenvalue weighted by molar-refractivity contribution is 0.252. The number of phenols is 2. The number of rotatable bonds is 4. The Hall–Kier alpha value is -2.69. The van der Waals surface area contributed by atoms with Gasteiger partial charge in [-0.1, -0.05) is 29.8 Å². The van der Waals surface area contributed by atoms with Gasteiger partial charge in [0.15, 0.2) is 0 Å². The smallest absolute Gasteiger partial charge is 0.319 e. The molecule has 0 saturated carbocycles. The number of aromatic hydroxyl groups is 2. The quantitative estimate of drug-likeness (QED) is 0.697. The Morgan fingerprint density at radius 3 is 2.29 bits per heavy atom. The fraction of sp³-hybridized carbons (Fsp3) is 0.188. The summed E-state index contributed by atoms with van der Waals surface area (Å²) in [5.41, 5.74) is 2.68. The van der Waals surface area contributed by atoms with Crippen LogP contribution < -0.4 is 10.6 Å². The van der Waals surface area contributed by atoms with E-state index in [4.69, 9.17) is 0 Å². The second-order valence-electron chi connectivity index (χ2n) is 4.85. The summed E-state index contributed by atoms with van der Waals surface area (Å²) in [4.78, 5) is 11.7. The normalized spacial score (nSPS) is 10.1. The van der Waals surface area contributed by atoms with Gasteiger partial charge in [-0.05, 0) is 18.9 Å². The van der Waals surface area contributed by atoms with Crippen molar-refractivity contribution in [2.45, 2.75) is 13.3 Å². The van der Waals surface area contributed by atoms with Crippen LogP contribution in [0, 0.1) is 6.92 Å². The van der Waals surface area contributed by atoms with Crippen molar-refractivity contribution in [2.75, 3.05) is 11.9 Å². The van der Waals surface area contributed by atoms with Gasteiger partial charge in [-0.3, -0.25) is 0 Å². The van der Waals surface area contributed by atoms with Crippen LogP contribution in [0.2, 0.25) is 0 Å². The molecule has 0 heterocycles. The zero-order valence-electron chi connectivity index (χ0n) is 11.8. The van der Waals surface area contributed by atoms with Crippen molar-refractivity contribution < 1.29 is 15.0 Å². The first-order valence-electron chi connectivity index (χ1n) is 6.66.